The van der Waals surface area contributed by atoms with Crippen molar-refractivity contribution in [2.45, 2.75) is 85.8 Å². The van der Waals surface area contributed by atoms with Gasteiger partial charge in [0.2, 0.25) is 11.8 Å². The predicted octanol–water partition coefficient (Wildman–Crippen LogP) is 2.82. The summed E-state index contributed by atoms with van der Waals surface area (Å²) in [7, 11) is 0. The summed E-state index contributed by atoms with van der Waals surface area (Å²) < 4.78 is 11.1. The Morgan fingerprint density at radius 3 is 2.21 bits per heavy atom. The zero-order valence-corrected chi connectivity index (χ0v) is 19.0. The van der Waals surface area contributed by atoms with Crippen LogP contribution in [0.1, 0.15) is 73.6 Å². The van der Waals surface area contributed by atoms with Crippen molar-refractivity contribution < 1.29 is 23.9 Å². The first-order valence-corrected chi connectivity index (χ1v) is 10.9. The molecule has 0 bridgehead atoms. The number of rotatable bonds is 11. The maximum Gasteiger partial charge on any atom is 0.313 e. The zero-order valence-electron chi connectivity index (χ0n) is 19.0. The van der Waals surface area contributed by atoms with E-state index in [0.29, 0.717) is 12.5 Å². The molecule has 0 aromatic carbocycles. The predicted molar refractivity (Wildman–Crippen MR) is 112 cm³/mol. The molecule has 0 heterocycles. The van der Waals surface area contributed by atoms with Crippen LogP contribution in [-0.4, -0.2) is 49.7 Å². The van der Waals surface area contributed by atoms with Gasteiger partial charge in [0.1, 0.15) is 6.04 Å². The Balaban J connectivity index is 2.72. The lowest BCUT2D eigenvalue weighted by Crippen LogP contribution is -2.55. The Hall–Kier alpha value is -1.63. The molecule has 7 nitrogen and oxygen atoms in total. The second kappa shape index (κ2) is 12.2. The molecular weight excluding hydrogens is 372 g/mol. The van der Waals surface area contributed by atoms with E-state index >= 15 is 0 Å². The summed E-state index contributed by atoms with van der Waals surface area (Å²) in [5.41, 5.74) is -0.857. The lowest BCUT2D eigenvalue weighted by atomic mass is 9.90. The van der Waals surface area contributed by atoms with Gasteiger partial charge in [-0.3, -0.25) is 14.4 Å². The van der Waals surface area contributed by atoms with Crippen molar-refractivity contribution in [3.05, 3.63) is 0 Å². The summed E-state index contributed by atoms with van der Waals surface area (Å²) in [5, 5.41) is 5.59. The highest BCUT2D eigenvalue weighted by Crippen LogP contribution is 2.24. The molecule has 1 rings (SSSR count). The Morgan fingerprint density at radius 1 is 1.03 bits per heavy atom. The quantitative estimate of drug-likeness (QED) is 0.509. The number of hydrogen-bond donors (Lipinski definition) is 2. The first kappa shape index (κ1) is 25.4. The monoisotopic (exact) mass is 412 g/mol. The topological polar surface area (TPSA) is 93.7 Å². The van der Waals surface area contributed by atoms with E-state index in [1.54, 1.807) is 34.6 Å². The van der Waals surface area contributed by atoms with E-state index in [9.17, 15) is 14.4 Å². The van der Waals surface area contributed by atoms with E-state index in [0.717, 1.165) is 12.8 Å². The van der Waals surface area contributed by atoms with Crippen molar-refractivity contribution in [2.24, 2.45) is 17.3 Å². The fourth-order valence-corrected chi connectivity index (χ4v) is 3.27. The van der Waals surface area contributed by atoms with E-state index in [-0.39, 0.29) is 36.9 Å². The molecular formula is C22H40N2O5. The molecule has 1 fully saturated rings. The lowest BCUT2D eigenvalue weighted by molar-refractivity contribution is -0.153. The summed E-state index contributed by atoms with van der Waals surface area (Å²) in [6.45, 7) is 11.6. The number of hydrogen-bond acceptors (Lipinski definition) is 5. The maximum atomic E-state index is 12.9. The molecule has 0 aromatic heterocycles. The summed E-state index contributed by atoms with van der Waals surface area (Å²) in [6.07, 6.45) is 5.55. The maximum absolute atomic E-state index is 12.9. The number of carbonyl (C=O) groups is 3. The van der Waals surface area contributed by atoms with E-state index < -0.39 is 17.6 Å². The molecule has 2 amide bonds. The number of ether oxygens (including phenoxy) is 2. The minimum absolute atomic E-state index is 0.119. The molecule has 29 heavy (non-hydrogen) atoms. The van der Waals surface area contributed by atoms with Gasteiger partial charge in [-0.2, -0.15) is 0 Å². The van der Waals surface area contributed by atoms with Gasteiger partial charge in [-0.15, -0.1) is 0 Å². The van der Waals surface area contributed by atoms with Crippen molar-refractivity contribution in [2.75, 3.05) is 19.8 Å². The second-order valence-corrected chi connectivity index (χ2v) is 9.01. The third kappa shape index (κ3) is 8.72. The average molecular weight is 413 g/mol. The zero-order chi connectivity index (χ0) is 22.0. The van der Waals surface area contributed by atoms with Gasteiger partial charge in [0.15, 0.2) is 0 Å². The third-order valence-corrected chi connectivity index (χ3v) is 5.43. The van der Waals surface area contributed by atoms with Crippen molar-refractivity contribution in [3.63, 3.8) is 0 Å². The largest absolute Gasteiger partial charge is 0.466 e. The highest BCUT2D eigenvalue weighted by atomic mass is 16.5. The Kier molecular flexibility index (Phi) is 10.6. The average Bonchev–Trinajstić information content (AvgIpc) is 2.69. The molecule has 0 saturated heterocycles. The molecule has 2 atom stereocenters. The van der Waals surface area contributed by atoms with Crippen LogP contribution in [0.25, 0.3) is 0 Å². The van der Waals surface area contributed by atoms with Gasteiger partial charge in [-0.1, -0.05) is 33.1 Å². The summed E-state index contributed by atoms with van der Waals surface area (Å²) in [6, 6.07) is -0.813. The van der Waals surface area contributed by atoms with E-state index in [1.165, 1.54) is 19.3 Å². The van der Waals surface area contributed by atoms with Crippen LogP contribution in [0.3, 0.4) is 0 Å². The van der Waals surface area contributed by atoms with Crippen molar-refractivity contribution >= 4 is 17.8 Å². The number of esters is 1. The highest BCUT2D eigenvalue weighted by molar-refractivity contribution is 5.89. The van der Waals surface area contributed by atoms with E-state index in [2.05, 4.69) is 10.6 Å². The second-order valence-electron chi connectivity index (χ2n) is 9.01. The van der Waals surface area contributed by atoms with Crippen LogP contribution in [0.5, 0.6) is 0 Å². The number of carbonyl (C=O) groups excluding carboxylic acids is 3. The van der Waals surface area contributed by atoms with Crippen molar-refractivity contribution in [3.8, 4) is 0 Å². The van der Waals surface area contributed by atoms with Crippen LogP contribution in [0, 0.1) is 17.3 Å². The van der Waals surface area contributed by atoms with Gasteiger partial charge in [0, 0.05) is 19.1 Å². The molecule has 0 spiro atoms. The molecule has 168 valence electrons. The van der Waals surface area contributed by atoms with Crippen LogP contribution in [0.2, 0.25) is 0 Å². The first-order chi connectivity index (χ1) is 13.6. The Bertz CT molecular complexity index is 541. The summed E-state index contributed by atoms with van der Waals surface area (Å²) in [4.78, 5) is 37.2. The van der Waals surface area contributed by atoms with Crippen LogP contribution in [0.15, 0.2) is 0 Å². The van der Waals surface area contributed by atoms with Crippen LogP contribution in [0.4, 0.5) is 0 Å². The van der Waals surface area contributed by atoms with Gasteiger partial charge in [-0.25, -0.2) is 0 Å². The molecule has 7 heteroatoms. The van der Waals surface area contributed by atoms with Crippen molar-refractivity contribution in [1.29, 1.82) is 0 Å². The first-order valence-electron chi connectivity index (χ1n) is 10.9. The standard InChI is InChI=1S/C22H40N2O5/c1-7-28-21(27)22(5,6)14-23-20(26)18(24-19(25)15(2)3)16(4)29-13-17-11-9-8-10-12-17/h15-18H,7-14H2,1-6H3,(H,23,26)(H,24,25). The molecule has 2 unspecified atom stereocenters. The van der Waals surface area contributed by atoms with Crippen molar-refractivity contribution in [1.82, 2.24) is 10.6 Å². The van der Waals surface area contributed by atoms with Gasteiger partial charge >= 0.3 is 5.97 Å². The Labute approximate surface area is 175 Å². The SMILES string of the molecule is CCOC(=O)C(C)(C)CNC(=O)C(NC(=O)C(C)C)C(C)OCC1CCCCC1. The molecule has 0 radical (unpaired) electrons. The summed E-state index contributed by atoms with van der Waals surface area (Å²) >= 11 is 0. The fraction of sp³-hybridized carbons (Fsp3) is 0.864. The van der Waals surface area contributed by atoms with Gasteiger partial charge < -0.3 is 20.1 Å². The van der Waals surface area contributed by atoms with Crippen LogP contribution >= 0.6 is 0 Å². The van der Waals surface area contributed by atoms with Crippen LogP contribution < -0.4 is 10.6 Å². The normalized spacial score (nSPS) is 17.5. The minimum atomic E-state index is -0.857. The molecule has 1 aliphatic rings. The summed E-state index contributed by atoms with van der Waals surface area (Å²) in [5.74, 6) is -0.662. The molecule has 1 aliphatic carbocycles. The smallest absolute Gasteiger partial charge is 0.313 e. The Morgan fingerprint density at radius 2 is 1.66 bits per heavy atom. The lowest BCUT2D eigenvalue weighted by Gasteiger charge is -2.29. The molecule has 2 N–H and O–H groups in total. The van der Waals surface area contributed by atoms with Gasteiger partial charge in [0.25, 0.3) is 0 Å². The van der Waals surface area contributed by atoms with Gasteiger partial charge in [0.05, 0.1) is 18.1 Å². The molecule has 0 aromatic rings. The highest BCUT2D eigenvalue weighted by Gasteiger charge is 2.33. The molecule has 0 aliphatic heterocycles. The third-order valence-electron chi connectivity index (χ3n) is 5.43. The van der Waals surface area contributed by atoms with Crippen LogP contribution in [-0.2, 0) is 23.9 Å². The minimum Gasteiger partial charge on any atom is -0.466 e. The van der Waals surface area contributed by atoms with E-state index in [1.807, 2.05) is 6.92 Å². The van der Waals surface area contributed by atoms with E-state index in [4.69, 9.17) is 9.47 Å². The fourth-order valence-electron chi connectivity index (χ4n) is 3.27. The number of amides is 2. The van der Waals surface area contributed by atoms with Gasteiger partial charge in [-0.05, 0) is 46.5 Å². The number of nitrogens with one attached hydrogen (secondary N) is 2. The molecule has 1 saturated carbocycles.